The van der Waals surface area contributed by atoms with Crippen molar-refractivity contribution in [2.75, 3.05) is 13.1 Å². The molecule has 20 heavy (non-hydrogen) atoms. The van der Waals surface area contributed by atoms with E-state index in [1.807, 2.05) is 0 Å². The first-order valence-electron chi connectivity index (χ1n) is 6.23. The van der Waals surface area contributed by atoms with E-state index in [4.69, 9.17) is 4.42 Å². The third-order valence-electron chi connectivity index (χ3n) is 2.47. The van der Waals surface area contributed by atoms with Crippen molar-refractivity contribution in [1.29, 1.82) is 0 Å². The molecular weight excluding hydrogens is 288 g/mol. The molecule has 0 spiro atoms. The van der Waals surface area contributed by atoms with Crippen molar-refractivity contribution in [3.05, 3.63) is 23.7 Å². The minimum atomic E-state index is -2.47. The van der Waals surface area contributed by atoms with E-state index in [1.54, 1.807) is 20.8 Å². The van der Waals surface area contributed by atoms with Crippen molar-refractivity contribution < 1.29 is 23.1 Å². The van der Waals surface area contributed by atoms with E-state index < -0.39 is 11.4 Å². The van der Waals surface area contributed by atoms with Gasteiger partial charge in [0.25, 0.3) is 11.7 Å². The Kier molecular flexibility index (Phi) is 6.01. The molecule has 4 nitrogen and oxygen atoms in total. The quantitative estimate of drug-likeness (QED) is 0.841. The first-order valence-corrected chi connectivity index (χ1v) is 7.28. The molecule has 1 amide bonds. The monoisotopic (exact) mass is 307 g/mol. The molecule has 0 atom stereocenters. The summed E-state index contributed by atoms with van der Waals surface area (Å²) in [5.41, 5.74) is -1.01. The first-order chi connectivity index (χ1) is 9.23. The van der Waals surface area contributed by atoms with Gasteiger partial charge in [0.2, 0.25) is 0 Å². The van der Waals surface area contributed by atoms with E-state index in [1.165, 1.54) is 17.0 Å². The highest BCUT2D eigenvalue weighted by Crippen LogP contribution is 2.22. The lowest BCUT2D eigenvalue weighted by Gasteiger charge is -2.27. The fraction of sp³-hybridized carbons (Fsp3) is 0.615. The average Bonchev–Trinajstić information content (AvgIpc) is 2.80. The lowest BCUT2D eigenvalue weighted by molar-refractivity contribution is 0.0298. The molecule has 1 heterocycles. The van der Waals surface area contributed by atoms with Gasteiger partial charge in [-0.1, -0.05) is 11.8 Å². The van der Waals surface area contributed by atoms with Crippen LogP contribution < -0.4 is 0 Å². The van der Waals surface area contributed by atoms with Crippen LogP contribution in [0.4, 0.5) is 8.78 Å². The summed E-state index contributed by atoms with van der Waals surface area (Å²) in [7, 11) is 0. The molecule has 114 valence electrons. The van der Waals surface area contributed by atoms with Gasteiger partial charge in [0.1, 0.15) is 5.76 Å². The van der Waals surface area contributed by atoms with Gasteiger partial charge in [-0.25, -0.2) is 0 Å². The highest BCUT2D eigenvalue weighted by Gasteiger charge is 2.24. The number of carbonyl (C=O) groups is 1. The number of halogens is 2. The number of nitrogens with zero attached hydrogens (tertiary/aromatic N) is 1. The number of amides is 1. The molecule has 1 N–H and O–H groups in total. The minimum absolute atomic E-state index is 0.0164. The third kappa shape index (κ3) is 5.50. The van der Waals surface area contributed by atoms with Crippen LogP contribution in [0.5, 0.6) is 0 Å². The van der Waals surface area contributed by atoms with Crippen LogP contribution in [0, 0.1) is 0 Å². The van der Waals surface area contributed by atoms with Gasteiger partial charge < -0.3 is 14.4 Å². The number of thioether (sulfide) groups is 1. The topological polar surface area (TPSA) is 53.7 Å². The van der Waals surface area contributed by atoms with Gasteiger partial charge in [0, 0.05) is 13.1 Å². The van der Waals surface area contributed by atoms with Gasteiger partial charge in [0.15, 0.2) is 5.76 Å². The van der Waals surface area contributed by atoms with Crippen molar-refractivity contribution in [2.45, 2.75) is 37.9 Å². The molecule has 0 aromatic carbocycles. The zero-order valence-electron chi connectivity index (χ0n) is 11.7. The van der Waals surface area contributed by atoms with Gasteiger partial charge in [-0.2, -0.15) is 8.78 Å². The fourth-order valence-corrected chi connectivity index (χ4v) is 2.11. The normalized spacial score (nSPS) is 11.9. The van der Waals surface area contributed by atoms with Crippen molar-refractivity contribution >= 4 is 17.7 Å². The number of furan rings is 1. The summed E-state index contributed by atoms with van der Waals surface area (Å²) in [6.45, 7) is 5.60. The van der Waals surface area contributed by atoms with Gasteiger partial charge in [-0.05, 0) is 32.9 Å². The maximum absolute atomic E-state index is 12.2. The largest absolute Gasteiger partial charge is 0.455 e. The number of rotatable bonds is 7. The van der Waals surface area contributed by atoms with Gasteiger partial charge in [-0.3, -0.25) is 4.79 Å². The molecule has 0 saturated heterocycles. The molecule has 0 bridgehead atoms. The molecule has 0 saturated carbocycles. The van der Waals surface area contributed by atoms with Crippen LogP contribution in [0.2, 0.25) is 0 Å². The fourth-order valence-electron chi connectivity index (χ4n) is 1.67. The van der Waals surface area contributed by atoms with Crippen molar-refractivity contribution in [3.63, 3.8) is 0 Å². The Balaban J connectivity index is 2.70. The SMILES string of the molecule is CCN(CC(C)(C)O)C(=O)c1ccc(CSC(F)F)o1. The number of hydrogen-bond donors (Lipinski definition) is 1. The number of alkyl halides is 2. The summed E-state index contributed by atoms with van der Waals surface area (Å²) in [6.07, 6.45) is 0. The predicted molar refractivity (Wildman–Crippen MR) is 73.9 cm³/mol. The summed E-state index contributed by atoms with van der Waals surface area (Å²) in [5, 5.41) is 9.75. The number of hydrogen-bond acceptors (Lipinski definition) is 4. The lowest BCUT2D eigenvalue weighted by Crippen LogP contribution is -2.42. The Morgan fingerprint density at radius 2 is 2.15 bits per heavy atom. The molecule has 0 aliphatic rings. The second kappa shape index (κ2) is 7.08. The van der Waals surface area contributed by atoms with E-state index in [0.29, 0.717) is 24.1 Å². The summed E-state index contributed by atoms with van der Waals surface area (Å²) in [5.74, 6) is -2.38. The van der Waals surface area contributed by atoms with Crippen LogP contribution in [-0.4, -0.2) is 40.4 Å². The van der Waals surface area contributed by atoms with Crippen LogP contribution in [0.15, 0.2) is 16.5 Å². The Morgan fingerprint density at radius 3 is 2.65 bits per heavy atom. The molecular formula is C13H19F2NO3S. The minimum Gasteiger partial charge on any atom is -0.455 e. The Morgan fingerprint density at radius 1 is 1.50 bits per heavy atom. The molecule has 1 rings (SSSR count). The molecule has 0 radical (unpaired) electrons. The second-order valence-electron chi connectivity index (χ2n) is 4.97. The molecule has 1 aromatic rings. The van der Waals surface area contributed by atoms with E-state index in [-0.39, 0.29) is 24.0 Å². The first kappa shape index (κ1) is 17.0. The maximum atomic E-state index is 12.2. The number of likely N-dealkylation sites (N-methyl/N-ethyl adjacent to an activating group) is 1. The van der Waals surface area contributed by atoms with Crippen LogP contribution >= 0.6 is 11.8 Å². The van der Waals surface area contributed by atoms with Crippen molar-refractivity contribution in [2.24, 2.45) is 0 Å². The summed E-state index contributed by atoms with van der Waals surface area (Å²) >= 11 is 0.442. The summed E-state index contributed by atoms with van der Waals surface area (Å²) in [4.78, 5) is 13.6. The molecule has 1 aromatic heterocycles. The summed E-state index contributed by atoms with van der Waals surface area (Å²) in [6, 6.07) is 2.98. The number of carbonyl (C=O) groups excluding carboxylic acids is 1. The highest BCUT2D eigenvalue weighted by atomic mass is 32.2. The molecule has 0 fully saturated rings. The van der Waals surface area contributed by atoms with Crippen molar-refractivity contribution in [1.82, 2.24) is 4.90 Å². The van der Waals surface area contributed by atoms with Crippen LogP contribution in [0.25, 0.3) is 0 Å². The van der Waals surface area contributed by atoms with E-state index >= 15 is 0 Å². The van der Waals surface area contributed by atoms with E-state index in [9.17, 15) is 18.7 Å². The van der Waals surface area contributed by atoms with E-state index in [2.05, 4.69) is 0 Å². The smallest absolute Gasteiger partial charge is 0.289 e. The van der Waals surface area contributed by atoms with Gasteiger partial charge in [0.05, 0.1) is 11.4 Å². The zero-order valence-corrected chi connectivity index (χ0v) is 12.5. The van der Waals surface area contributed by atoms with Gasteiger partial charge >= 0.3 is 0 Å². The summed E-state index contributed by atoms with van der Waals surface area (Å²) < 4.78 is 29.4. The van der Waals surface area contributed by atoms with Crippen LogP contribution in [0.3, 0.4) is 0 Å². The predicted octanol–water partition coefficient (Wildman–Crippen LogP) is 2.97. The molecule has 0 aliphatic carbocycles. The lowest BCUT2D eigenvalue weighted by atomic mass is 10.1. The Bertz CT molecular complexity index is 443. The second-order valence-corrected chi connectivity index (χ2v) is 5.95. The molecule has 0 aliphatic heterocycles. The van der Waals surface area contributed by atoms with Crippen molar-refractivity contribution in [3.8, 4) is 0 Å². The van der Waals surface area contributed by atoms with Gasteiger partial charge in [-0.15, -0.1) is 0 Å². The maximum Gasteiger partial charge on any atom is 0.289 e. The van der Waals surface area contributed by atoms with Crippen LogP contribution in [-0.2, 0) is 5.75 Å². The van der Waals surface area contributed by atoms with E-state index in [0.717, 1.165) is 0 Å². The number of aliphatic hydroxyl groups is 1. The van der Waals surface area contributed by atoms with Crippen LogP contribution in [0.1, 0.15) is 37.1 Å². The zero-order chi connectivity index (χ0) is 15.3. The Hall–Kier alpha value is -1.08. The molecule has 7 heteroatoms. The highest BCUT2D eigenvalue weighted by molar-refractivity contribution is 7.98. The third-order valence-corrected chi connectivity index (χ3v) is 3.17. The standard InChI is InChI=1S/C13H19F2NO3S/c1-4-16(8-13(2,3)18)11(17)10-6-5-9(19-10)7-20-12(14)15/h5-6,12,18H,4,7-8H2,1-3H3. The molecule has 0 unspecified atom stereocenters. The Labute approximate surface area is 121 Å². The average molecular weight is 307 g/mol.